The normalized spacial score (nSPS) is 10.3. The first-order valence-corrected chi connectivity index (χ1v) is 7.22. The van der Waals surface area contributed by atoms with E-state index in [1.807, 2.05) is 30.3 Å². The second kappa shape index (κ2) is 6.54. The molecule has 5 nitrogen and oxygen atoms in total. The van der Waals surface area contributed by atoms with Gasteiger partial charge in [-0.15, -0.1) is 0 Å². The van der Waals surface area contributed by atoms with E-state index in [-0.39, 0.29) is 5.91 Å². The predicted molar refractivity (Wildman–Crippen MR) is 87.9 cm³/mol. The van der Waals surface area contributed by atoms with Crippen LogP contribution in [0.15, 0.2) is 59.3 Å². The first-order valence-electron chi connectivity index (χ1n) is 6.84. The summed E-state index contributed by atoms with van der Waals surface area (Å²) in [4.78, 5) is 12.4. The molecule has 3 aromatic rings. The van der Waals surface area contributed by atoms with Crippen molar-refractivity contribution in [2.75, 3.05) is 12.4 Å². The summed E-state index contributed by atoms with van der Waals surface area (Å²) < 4.78 is 10.3. The zero-order chi connectivity index (χ0) is 16.2. The lowest BCUT2D eigenvalue weighted by molar-refractivity contribution is 0.102. The maximum absolute atomic E-state index is 12.4. The fraction of sp³-hybridized carbons (Fsp3) is 0.0588. The van der Waals surface area contributed by atoms with Crippen molar-refractivity contribution in [2.45, 2.75) is 0 Å². The largest absolute Gasteiger partial charge is 0.495 e. The number of aromatic nitrogens is 1. The summed E-state index contributed by atoms with van der Waals surface area (Å²) in [6, 6.07) is 14.3. The molecule has 0 radical (unpaired) electrons. The number of benzene rings is 2. The average molecular weight is 329 g/mol. The van der Waals surface area contributed by atoms with Crippen LogP contribution in [-0.2, 0) is 0 Å². The molecule has 1 aromatic heterocycles. The Labute approximate surface area is 137 Å². The molecule has 0 bridgehead atoms. The molecule has 0 saturated carbocycles. The number of anilines is 1. The number of nitrogens with one attached hydrogen (secondary N) is 1. The van der Waals surface area contributed by atoms with Gasteiger partial charge in [0, 0.05) is 11.3 Å². The van der Waals surface area contributed by atoms with Gasteiger partial charge in [0.2, 0.25) is 0 Å². The third-order valence-electron chi connectivity index (χ3n) is 3.26. The van der Waals surface area contributed by atoms with Crippen LogP contribution in [0.3, 0.4) is 0 Å². The van der Waals surface area contributed by atoms with Crippen molar-refractivity contribution in [3.05, 3.63) is 65.3 Å². The molecule has 3 rings (SSSR count). The first kappa shape index (κ1) is 15.1. The van der Waals surface area contributed by atoms with E-state index >= 15 is 0 Å². The van der Waals surface area contributed by atoms with Gasteiger partial charge in [-0.2, -0.15) is 0 Å². The topological polar surface area (TPSA) is 64.4 Å². The molecule has 0 spiro atoms. The number of hydrogen-bond donors (Lipinski definition) is 1. The molecular weight excluding hydrogens is 316 g/mol. The van der Waals surface area contributed by atoms with E-state index < -0.39 is 0 Å². The summed E-state index contributed by atoms with van der Waals surface area (Å²) in [5.74, 6) is 0.633. The Kier molecular flexibility index (Phi) is 4.30. The van der Waals surface area contributed by atoms with Crippen LogP contribution in [-0.4, -0.2) is 18.2 Å². The molecule has 1 amide bonds. The third-order valence-corrected chi connectivity index (χ3v) is 3.56. The number of nitrogens with zero attached hydrogens (tertiary/aromatic N) is 1. The van der Waals surface area contributed by atoms with Crippen LogP contribution < -0.4 is 10.1 Å². The van der Waals surface area contributed by atoms with Crippen LogP contribution in [0.25, 0.3) is 11.3 Å². The predicted octanol–water partition coefficient (Wildman–Crippen LogP) is 4.26. The Bertz CT molecular complexity index is 831. The van der Waals surface area contributed by atoms with Crippen LogP contribution in [0, 0.1) is 0 Å². The number of carbonyl (C=O) groups excluding carboxylic acids is 1. The maximum Gasteiger partial charge on any atom is 0.261 e. The quantitative estimate of drug-likeness (QED) is 0.777. The van der Waals surface area contributed by atoms with Gasteiger partial charge in [-0.05, 0) is 18.2 Å². The van der Waals surface area contributed by atoms with E-state index in [4.69, 9.17) is 20.9 Å². The smallest absolute Gasteiger partial charge is 0.261 e. The number of ether oxygens (including phenoxy) is 1. The summed E-state index contributed by atoms with van der Waals surface area (Å²) >= 11 is 6.06. The monoisotopic (exact) mass is 328 g/mol. The minimum atomic E-state index is -0.327. The number of hydrogen-bond acceptors (Lipinski definition) is 4. The van der Waals surface area contributed by atoms with Gasteiger partial charge in [0.25, 0.3) is 5.91 Å². The summed E-state index contributed by atoms with van der Waals surface area (Å²) in [5, 5.41) is 6.91. The molecule has 0 aliphatic carbocycles. The number of halogens is 1. The molecule has 1 heterocycles. The molecule has 1 N–H and O–H groups in total. The van der Waals surface area contributed by atoms with Gasteiger partial charge >= 0.3 is 0 Å². The van der Waals surface area contributed by atoms with Gasteiger partial charge in [0.15, 0.2) is 5.76 Å². The second-order valence-corrected chi connectivity index (χ2v) is 5.15. The number of rotatable bonds is 4. The number of methoxy groups -OCH3 is 1. The number of amides is 1. The van der Waals surface area contributed by atoms with Crippen LogP contribution >= 0.6 is 11.6 Å². The summed E-state index contributed by atoms with van der Waals surface area (Å²) in [6.45, 7) is 0. The Morgan fingerprint density at radius 3 is 2.70 bits per heavy atom. The van der Waals surface area contributed by atoms with Crippen molar-refractivity contribution in [2.24, 2.45) is 0 Å². The standard InChI is InChI=1S/C17H13ClN2O3/c1-22-15-8-7-12(9-14(15)18)20-17(21)13-10-19-23-16(13)11-5-3-2-4-6-11/h2-10H,1H3,(H,20,21). The van der Waals surface area contributed by atoms with Crippen LogP contribution in [0.5, 0.6) is 5.75 Å². The van der Waals surface area contributed by atoms with Crippen LogP contribution in [0.2, 0.25) is 5.02 Å². The van der Waals surface area contributed by atoms with Gasteiger partial charge in [0.05, 0.1) is 18.3 Å². The van der Waals surface area contributed by atoms with E-state index in [0.717, 1.165) is 5.56 Å². The summed E-state index contributed by atoms with van der Waals surface area (Å²) in [6.07, 6.45) is 1.39. The lowest BCUT2D eigenvalue weighted by Crippen LogP contribution is -2.12. The SMILES string of the molecule is COc1ccc(NC(=O)c2cnoc2-c2ccccc2)cc1Cl. The van der Waals surface area contributed by atoms with Crippen molar-refractivity contribution < 1.29 is 14.1 Å². The molecule has 116 valence electrons. The third kappa shape index (κ3) is 3.19. The second-order valence-electron chi connectivity index (χ2n) is 4.74. The Morgan fingerprint density at radius 1 is 1.22 bits per heavy atom. The highest BCUT2D eigenvalue weighted by atomic mass is 35.5. The van der Waals surface area contributed by atoms with Gasteiger partial charge in [-0.25, -0.2) is 0 Å². The minimum Gasteiger partial charge on any atom is -0.495 e. The molecule has 0 saturated heterocycles. The van der Waals surface area contributed by atoms with Crippen molar-refractivity contribution >= 4 is 23.2 Å². The van der Waals surface area contributed by atoms with Crippen molar-refractivity contribution in [3.63, 3.8) is 0 Å². The molecule has 0 aliphatic rings. The lowest BCUT2D eigenvalue weighted by Gasteiger charge is -2.07. The Hall–Kier alpha value is -2.79. The average Bonchev–Trinajstić information content (AvgIpc) is 3.05. The van der Waals surface area contributed by atoms with Gasteiger partial charge < -0.3 is 14.6 Å². The fourth-order valence-corrected chi connectivity index (χ4v) is 2.40. The lowest BCUT2D eigenvalue weighted by atomic mass is 10.1. The zero-order valence-corrected chi connectivity index (χ0v) is 13.0. The fourth-order valence-electron chi connectivity index (χ4n) is 2.14. The van der Waals surface area contributed by atoms with E-state index in [0.29, 0.717) is 27.8 Å². The minimum absolute atomic E-state index is 0.327. The highest BCUT2D eigenvalue weighted by Gasteiger charge is 2.18. The summed E-state index contributed by atoms with van der Waals surface area (Å²) in [5.41, 5.74) is 1.69. The molecule has 2 aromatic carbocycles. The van der Waals surface area contributed by atoms with Crippen LogP contribution in [0.1, 0.15) is 10.4 Å². The first-order chi connectivity index (χ1) is 11.2. The number of carbonyl (C=O) groups is 1. The van der Waals surface area contributed by atoms with Crippen molar-refractivity contribution in [1.29, 1.82) is 0 Å². The van der Waals surface area contributed by atoms with E-state index in [1.54, 1.807) is 18.2 Å². The van der Waals surface area contributed by atoms with Crippen LogP contribution in [0.4, 0.5) is 5.69 Å². The van der Waals surface area contributed by atoms with E-state index in [1.165, 1.54) is 13.3 Å². The highest BCUT2D eigenvalue weighted by molar-refractivity contribution is 6.32. The molecule has 0 fully saturated rings. The van der Waals surface area contributed by atoms with Gasteiger partial charge in [0.1, 0.15) is 11.3 Å². The molecular formula is C17H13ClN2O3. The van der Waals surface area contributed by atoms with E-state index in [2.05, 4.69) is 10.5 Å². The molecule has 0 unspecified atom stereocenters. The van der Waals surface area contributed by atoms with Gasteiger partial charge in [-0.1, -0.05) is 47.1 Å². The molecule has 0 aliphatic heterocycles. The summed E-state index contributed by atoms with van der Waals surface area (Å²) in [7, 11) is 1.53. The molecule has 0 atom stereocenters. The Morgan fingerprint density at radius 2 is 2.00 bits per heavy atom. The zero-order valence-electron chi connectivity index (χ0n) is 12.2. The molecule has 6 heteroatoms. The highest BCUT2D eigenvalue weighted by Crippen LogP contribution is 2.28. The molecule has 23 heavy (non-hydrogen) atoms. The van der Waals surface area contributed by atoms with Crippen molar-refractivity contribution in [3.8, 4) is 17.1 Å². The van der Waals surface area contributed by atoms with Crippen molar-refractivity contribution in [1.82, 2.24) is 5.16 Å². The van der Waals surface area contributed by atoms with Gasteiger partial charge in [-0.3, -0.25) is 4.79 Å². The maximum atomic E-state index is 12.4. The van der Waals surface area contributed by atoms with E-state index in [9.17, 15) is 4.79 Å². The Balaban J connectivity index is 1.85.